The van der Waals surface area contributed by atoms with E-state index < -0.39 is 17.9 Å². The molecule has 0 aromatic carbocycles. The summed E-state index contributed by atoms with van der Waals surface area (Å²) in [6, 6.07) is -0.977. The Morgan fingerprint density at radius 3 is 2.65 bits per heavy atom. The van der Waals surface area contributed by atoms with Crippen molar-refractivity contribution in [3.8, 4) is 0 Å². The summed E-state index contributed by atoms with van der Waals surface area (Å²) < 4.78 is 9.78. The van der Waals surface area contributed by atoms with Gasteiger partial charge in [-0.15, -0.1) is 11.3 Å². The molecule has 1 amide bonds. The van der Waals surface area contributed by atoms with E-state index in [-0.39, 0.29) is 13.0 Å². The van der Waals surface area contributed by atoms with E-state index in [1.807, 2.05) is 0 Å². The smallest absolute Gasteiger partial charge is 0.326 e. The van der Waals surface area contributed by atoms with Crippen LogP contribution >= 0.6 is 11.3 Å². The molecular weight excluding hydrogens is 284 g/mol. The van der Waals surface area contributed by atoms with Crippen molar-refractivity contribution in [3.63, 3.8) is 0 Å². The number of amides is 1. The molecule has 0 aliphatic rings. The van der Waals surface area contributed by atoms with Crippen molar-refractivity contribution >= 4 is 23.2 Å². The van der Waals surface area contributed by atoms with Gasteiger partial charge in [0.25, 0.3) is 5.91 Å². The maximum Gasteiger partial charge on any atom is 0.326 e. The van der Waals surface area contributed by atoms with Crippen LogP contribution in [0, 0.1) is 6.92 Å². The number of aromatic nitrogens is 1. The molecule has 112 valence electrons. The zero-order valence-corrected chi connectivity index (χ0v) is 12.5. The molecule has 1 aromatic heterocycles. The van der Waals surface area contributed by atoms with Gasteiger partial charge in [-0.2, -0.15) is 0 Å². The van der Waals surface area contributed by atoms with Gasteiger partial charge in [-0.05, 0) is 6.92 Å². The lowest BCUT2D eigenvalue weighted by Crippen LogP contribution is -2.41. The topological polar surface area (TPSA) is 97.8 Å². The summed E-state index contributed by atoms with van der Waals surface area (Å²) in [6.07, 6.45) is 0.209. The highest BCUT2D eigenvalue weighted by molar-refractivity contribution is 7.13. The summed E-state index contributed by atoms with van der Waals surface area (Å²) in [5.74, 6) is -1.53. The van der Waals surface area contributed by atoms with E-state index in [4.69, 9.17) is 14.6 Å². The minimum atomic E-state index is -1.09. The normalized spacial score (nSPS) is 12.2. The molecule has 0 spiro atoms. The third-order valence-corrected chi connectivity index (χ3v) is 3.66. The lowest BCUT2D eigenvalue weighted by molar-refractivity contribution is -0.139. The highest BCUT2D eigenvalue weighted by Crippen LogP contribution is 2.18. The second kappa shape index (κ2) is 7.93. The van der Waals surface area contributed by atoms with Gasteiger partial charge in [0, 0.05) is 27.2 Å². The molecule has 0 aliphatic carbocycles. The summed E-state index contributed by atoms with van der Waals surface area (Å²) in [6.45, 7) is 2.29. The zero-order valence-electron chi connectivity index (χ0n) is 11.6. The Labute approximate surface area is 120 Å². The number of nitrogens with one attached hydrogen (secondary N) is 1. The summed E-state index contributed by atoms with van der Waals surface area (Å²) in [7, 11) is 3.02. The van der Waals surface area contributed by atoms with Crippen molar-refractivity contribution in [3.05, 3.63) is 15.6 Å². The van der Waals surface area contributed by atoms with Crippen molar-refractivity contribution in [2.24, 2.45) is 0 Å². The summed E-state index contributed by atoms with van der Waals surface area (Å²) >= 11 is 1.20. The van der Waals surface area contributed by atoms with E-state index in [0.29, 0.717) is 22.2 Å². The second-order valence-electron chi connectivity index (χ2n) is 4.10. The van der Waals surface area contributed by atoms with E-state index in [1.54, 1.807) is 14.0 Å². The molecule has 0 bridgehead atoms. The van der Waals surface area contributed by atoms with Gasteiger partial charge in [-0.1, -0.05) is 0 Å². The number of hydrogen-bond donors (Lipinski definition) is 2. The first-order valence-corrected chi connectivity index (χ1v) is 6.79. The molecule has 0 saturated carbocycles. The van der Waals surface area contributed by atoms with Crippen LogP contribution in [0.25, 0.3) is 0 Å². The molecular formula is C12H18N2O5S. The van der Waals surface area contributed by atoms with Gasteiger partial charge in [-0.25, -0.2) is 9.78 Å². The number of thiazole rings is 1. The number of carboxylic acids is 1. The van der Waals surface area contributed by atoms with Gasteiger partial charge in [0.05, 0.1) is 12.3 Å². The molecule has 1 atom stereocenters. The molecule has 0 radical (unpaired) electrons. The standard InChI is InChI=1S/C12H18N2O5S/c1-7-10(20-9(13-7)6-19-3)11(15)14-8(12(16)17)4-5-18-2/h8H,4-6H2,1-3H3,(H,14,15)(H,16,17). The molecule has 1 rings (SSSR count). The van der Waals surface area contributed by atoms with Gasteiger partial charge in [0.2, 0.25) is 0 Å². The Morgan fingerprint density at radius 2 is 2.10 bits per heavy atom. The molecule has 1 heterocycles. The van der Waals surface area contributed by atoms with E-state index in [1.165, 1.54) is 18.4 Å². The second-order valence-corrected chi connectivity index (χ2v) is 5.18. The Hall–Kier alpha value is -1.51. The van der Waals surface area contributed by atoms with Gasteiger partial charge in [0.1, 0.15) is 15.9 Å². The quantitative estimate of drug-likeness (QED) is 0.737. The molecule has 1 unspecified atom stereocenters. The van der Waals surface area contributed by atoms with E-state index >= 15 is 0 Å². The number of methoxy groups -OCH3 is 2. The Kier molecular flexibility index (Phi) is 6.56. The number of rotatable bonds is 8. The van der Waals surface area contributed by atoms with Crippen LogP contribution in [-0.2, 0) is 20.9 Å². The number of hydrogen-bond acceptors (Lipinski definition) is 6. The van der Waals surface area contributed by atoms with Crippen molar-refractivity contribution in [2.45, 2.75) is 26.0 Å². The number of nitrogens with zero attached hydrogens (tertiary/aromatic N) is 1. The van der Waals surface area contributed by atoms with Crippen LogP contribution in [0.5, 0.6) is 0 Å². The maximum absolute atomic E-state index is 12.1. The Morgan fingerprint density at radius 1 is 1.40 bits per heavy atom. The molecule has 8 heteroatoms. The maximum atomic E-state index is 12.1. The SMILES string of the molecule is COCCC(NC(=O)c1sc(COC)nc1C)C(=O)O. The molecule has 2 N–H and O–H groups in total. The average Bonchev–Trinajstić information content (AvgIpc) is 2.75. The van der Waals surface area contributed by atoms with E-state index in [9.17, 15) is 9.59 Å². The number of carbonyl (C=O) groups excluding carboxylic acids is 1. The van der Waals surface area contributed by atoms with Gasteiger partial charge < -0.3 is 19.9 Å². The lowest BCUT2D eigenvalue weighted by Gasteiger charge is -2.13. The Bertz CT molecular complexity index is 474. The first kappa shape index (κ1) is 16.5. The number of carbonyl (C=O) groups is 2. The van der Waals surface area contributed by atoms with Crippen LogP contribution in [0.2, 0.25) is 0 Å². The van der Waals surface area contributed by atoms with Crippen LogP contribution in [0.15, 0.2) is 0 Å². The summed E-state index contributed by atoms with van der Waals surface area (Å²) in [5.41, 5.74) is 0.565. The average molecular weight is 302 g/mol. The fraction of sp³-hybridized carbons (Fsp3) is 0.583. The number of aryl methyl sites for hydroxylation is 1. The number of ether oxygens (including phenoxy) is 2. The first-order chi connectivity index (χ1) is 9.49. The fourth-order valence-corrected chi connectivity index (χ4v) is 2.50. The fourth-order valence-electron chi connectivity index (χ4n) is 1.57. The third kappa shape index (κ3) is 4.55. The minimum Gasteiger partial charge on any atom is -0.480 e. The van der Waals surface area contributed by atoms with E-state index in [2.05, 4.69) is 10.3 Å². The molecule has 0 saturated heterocycles. The van der Waals surface area contributed by atoms with E-state index in [0.717, 1.165) is 0 Å². The Balaban J connectivity index is 2.75. The first-order valence-electron chi connectivity index (χ1n) is 5.97. The largest absolute Gasteiger partial charge is 0.480 e. The van der Waals surface area contributed by atoms with Crippen LogP contribution in [-0.4, -0.2) is 48.8 Å². The predicted octanol–water partition coefficient (Wildman–Crippen LogP) is 0.817. The highest BCUT2D eigenvalue weighted by Gasteiger charge is 2.23. The van der Waals surface area contributed by atoms with Gasteiger partial charge in [-0.3, -0.25) is 4.79 Å². The van der Waals surface area contributed by atoms with Crippen molar-refractivity contribution in [1.29, 1.82) is 0 Å². The van der Waals surface area contributed by atoms with Crippen molar-refractivity contribution in [2.75, 3.05) is 20.8 Å². The third-order valence-electron chi connectivity index (χ3n) is 2.53. The predicted molar refractivity (Wildman–Crippen MR) is 72.9 cm³/mol. The number of aliphatic carboxylic acids is 1. The molecule has 20 heavy (non-hydrogen) atoms. The van der Waals surface area contributed by atoms with Crippen molar-refractivity contribution < 1.29 is 24.2 Å². The molecule has 0 fully saturated rings. The monoisotopic (exact) mass is 302 g/mol. The number of carboxylic acid groups (broad SMARTS) is 1. The highest BCUT2D eigenvalue weighted by atomic mass is 32.1. The zero-order chi connectivity index (χ0) is 15.1. The van der Waals surface area contributed by atoms with Crippen molar-refractivity contribution in [1.82, 2.24) is 10.3 Å². The molecule has 0 aliphatic heterocycles. The van der Waals surface area contributed by atoms with Crippen LogP contribution in [0.4, 0.5) is 0 Å². The molecule has 7 nitrogen and oxygen atoms in total. The minimum absolute atomic E-state index is 0.209. The summed E-state index contributed by atoms with van der Waals surface area (Å²) in [4.78, 5) is 27.7. The van der Waals surface area contributed by atoms with Gasteiger partial charge >= 0.3 is 5.97 Å². The van der Waals surface area contributed by atoms with Gasteiger partial charge in [0.15, 0.2) is 0 Å². The van der Waals surface area contributed by atoms with Crippen LogP contribution in [0.1, 0.15) is 26.8 Å². The molecule has 1 aromatic rings. The van der Waals surface area contributed by atoms with Crippen LogP contribution < -0.4 is 5.32 Å². The summed E-state index contributed by atoms with van der Waals surface area (Å²) in [5, 5.41) is 12.2. The lowest BCUT2D eigenvalue weighted by atomic mass is 10.2. The van der Waals surface area contributed by atoms with Crippen LogP contribution in [0.3, 0.4) is 0 Å².